The third kappa shape index (κ3) is 4.31. The highest BCUT2D eigenvalue weighted by Gasteiger charge is 2.32. The van der Waals surface area contributed by atoms with Crippen LogP contribution in [-0.2, 0) is 16.6 Å². The topological polar surface area (TPSA) is 49.9 Å². The molecule has 1 aliphatic heterocycles. The molecule has 3 rings (SSSR count). The normalized spacial score (nSPS) is 16.3. The van der Waals surface area contributed by atoms with E-state index in [9.17, 15) is 21.6 Å². The van der Waals surface area contributed by atoms with Crippen LogP contribution in [0.3, 0.4) is 0 Å². The maximum atomic E-state index is 13.9. The van der Waals surface area contributed by atoms with E-state index in [0.717, 1.165) is 21.7 Å². The van der Waals surface area contributed by atoms with Crippen molar-refractivity contribution in [3.05, 3.63) is 59.4 Å². The van der Waals surface area contributed by atoms with Crippen molar-refractivity contribution in [3.8, 4) is 5.75 Å². The SMILES string of the molecule is CCOc1ccc(CN2CCN(S(=O)(=O)c3ccc(F)c(F)c3F)CC2)cc1. The molecule has 0 bridgehead atoms. The molecule has 1 aliphatic rings. The molecular formula is C19H21F3N2O3S. The molecule has 1 saturated heterocycles. The molecule has 0 radical (unpaired) electrons. The van der Waals surface area contributed by atoms with Gasteiger partial charge in [-0.3, -0.25) is 4.90 Å². The Morgan fingerprint density at radius 2 is 1.57 bits per heavy atom. The van der Waals surface area contributed by atoms with Gasteiger partial charge in [0.25, 0.3) is 0 Å². The molecule has 152 valence electrons. The first-order chi connectivity index (χ1) is 13.3. The minimum absolute atomic E-state index is 0.137. The molecule has 2 aromatic rings. The lowest BCUT2D eigenvalue weighted by atomic mass is 10.2. The Bertz CT molecular complexity index is 928. The van der Waals surface area contributed by atoms with Crippen LogP contribution in [0.25, 0.3) is 0 Å². The summed E-state index contributed by atoms with van der Waals surface area (Å²) in [5.74, 6) is -4.10. The number of ether oxygens (including phenoxy) is 1. The highest BCUT2D eigenvalue weighted by Crippen LogP contribution is 2.24. The minimum Gasteiger partial charge on any atom is -0.494 e. The summed E-state index contributed by atoms with van der Waals surface area (Å²) < 4.78 is 72.1. The van der Waals surface area contributed by atoms with Crippen LogP contribution < -0.4 is 4.74 Å². The lowest BCUT2D eigenvalue weighted by Gasteiger charge is -2.34. The van der Waals surface area contributed by atoms with Gasteiger partial charge in [-0.25, -0.2) is 21.6 Å². The predicted octanol–water partition coefficient (Wildman–Crippen LogP) is 3.01. The summed E-state index contributed by atoms with van der Waals surface area (Å²) in [6, 6.07) is 9.04. The number of piperazine rings is 1. The fourth-order valence-electron chi connectivity index (χ4n) is 3.09. The summed E-state index contributed by atoms with van der Waals surface area (Å²) in [5.41, 5.74) is 1.06. The predicted molar refractivity (Wildman–Crippen MR) is 98.0 cm³/mol. The third-order valence-electron chi connectivity index (χ3n) is 4.59. The zero-order chi connectivity index (χ0) is 20.3. The molecule has 0 N–H and O–H groups in total. The maximum absolute atomic E-state index is 13.9. The highest BCUT2D eigenvalue weighted by atomic mass is 32.2. The quantitative estimate of drug-likeness (QED) is 0.682. The minimum atomic E-state index is -4.23. The van der Waals surface area contributed by atoms with Crippen LogP contribution in [0, 0.1) is 17.5 Å². The standard InChI is InChI=1S/C19H21F3N2O3S/c1-2-27-15-5-3-14(4-6-15)13-23-9-11-24(12-10-23)28(25,26)17-8-7-16(20)18(21)19(17)22/h3-8H,2,9-13H2,1H3. The van der Waals surface area contributed by atoms with Crippen molar-refractivity contribution in [3.63, 3.8) is 0 Å². The molecule has 1 fully saturated rings. The van der Waals surface area contributed by atoms with Gasteiger partial charge >= 0.3 is 0 Å². The van der Waals surface area contributed by atoms with E-state index in [1.165, 1.54) is 0 Å². The number of halogens is 3. The van der Waals surface area contributed by atoms with E-state index >= 15 is 0 Å². The van der Waals surface area contributed by atoms with Crippen LogP contribution >= 0.6 is 0 Å². The van der Waals surface area contributed by atoms with Gasteiger partial charge in [0, 0.05) is 32.7 Å². The van der Waals surface area contributed by atoms with E-state index < -0.39 is 32.4 Å². The van der Waals surface area contributed by atoms with E-state index in [0.29, 0.717) is 32.3 Å². The zero-order valence-electron chi connectivity index (χ0n) is 15.4. The second-order valence-electron chi connectivity index (χ2n) is 6.43. The molecule has 0 amide bonds. The number of hydrogen-bond donors (Lipinski definition) is 0. The van der Waals surface area contributed by atoms with Crippen LogP contribution in [0.2, 0.25) is 0 Å². The molecule has 0 spiro atoms. The molecule has 0 saturated carbocycles. The molecule has 0 aromatic heterocycles. The first-order valence-corrected chi connectivity index (χ1v) is 10.3. The van der Waals surface area contributed by atoms with Crippen molar-refractivity contribution in [2.45, 2.75) is 18.4 Å². The Morgan fingerprint density at radius 1 is 0.929 bits per heavy atom. The number of benzene rings is 2. The summed E-state index contributed by atoms with van der Waals surface area (Å²) in [6.07, 6.45) is 0. The van der Waals surface area contributed by atoms with Gasteiger partial charge in [0.15, 0.2) is 17.5 Å². The lowest BCUT2D eigenvalue weighted by Crippen LogP contribution is -2.48. The van der Waals surface area contributed by atoms with E-state index in [1.54, 1.807) is 0 Å². The average molecular weight is 414 g/mol. The number of sulfonamides is 1. The molecule has 0 atom stereocenters. The number of nitrogens with zero attached hydrogens (tertiary/aromatic N) is 2. The van der Waals surface area contributed by atoms with Gasteiger partial charge in [0.05, 0.1) is 6.61 Å². The second kappa shape index (κ2) is 8.50. The molecule has 1 heterocycles. The Labute approximate surface area is 162 Å². The van der Waals surface area contributed by atoms with Crippen LogP contribution in [0.15, 0.2) is 41.3 Å². The fourth-order valence-corrected chi connectivity index (χ4v) is 4.57. The zero-order valence-corrected chi connectivity index (χ0v) is 16.2. The summed E-state index contributed by atoms with van der Waals surface area (Å²) in [6.45, 7) is 4.30. The molecule has 5 nitrogen and oxygen atoms in total. The van der Waals surface area contributed by atoms with E-state index in [4.69, 9.17) is 4.74 Å². The Balaban J connectivity index is 1.64. The second-order valence-corrected chi connectivity index (χ2v) is 8.34. The van der Waals surface area contributed by atoms with Crippen molar-refractivity contribution in [2.24, 2.45) is 0 Å². The summed E-state index contributed by atoms with van der Waals surface area (Å²) in [7, 11) is -4.23. The third-order valence-corrected chi connectivity index (χ3v) is 6.51. The Hall–Kier alpha value is -2.10. The summed E-state index contributed by atoms with van der Waals surface area (Å²) in [5, 5.41) is 0. The molecule has 2 aromatic carbocycles. The van der Waals surface area contributed by atoms with Crippen LogP contribution in [0.5, 0.6) is 5.75 Å². The van der Waals surface area contributed by atoms with Gasteiger partial charge in [0.2, 0.25) is 10.0 Å². The van der Waals surface area contributed by atoms with Gasteiger partial charge in [-0.1, -0.05) is 12.1 Å². The smallest absolute Gasteiger partial charge is 0.246 e. The molecule has 0 aliphatic carbocycles. The largest absolute Gasteiger partial charge is 0.494 e. The van der Waals surface area contributed by atoms with E-state index in [-0.39, 0.29) is 13.1 Å². The molecule has 28 heavy (non-hydrogen) atoms. The van der Waals surface area contributed by atoms with Gasteiger partial charge in [-0.2, -0.15) is 4.31 Å². The van der Waals surface area contributed by atoms with Gasteiger partial charge in [-0.15, -0.1) is 0 Å². The number of hydrogen-bond acceptors (Lipinski definition) is 4. The fraction of sp³-hybridized carbons (Fsp3) is 0.368. The summed E-state index contributed by atoms with van der Waals surface area (Å²) >= 11 is 0. The van der Waals surface area contributed by atoms with Crippen molar-refractivity contribution in [1.29, 1.82) is 0 Å². The highest BCUT2D eigenvalue weighted by molar-refractivity contribution is 7.89. The molecule has 0 unspecified atom stereocenters. The van der Waals surface area contributed by atoms with Crippen LogP contribution in [-0.4, -0.2) is 50.4 Å². The van der Waals surface area contributed by atoms with E-state index in [1.807, 2.05) is 31.2 Å². The van der Waals surface area contributed by atoms with Crippen molar-refractivity contribution in [2.75, 3.05) is 32.8 Å². The van der Waals surface area contributed by atoms with E-state index in [2.05, 4.69) is 4.90 Å². The monoisotopic (exact) mass is 414 g/mol. The number of rotatable bonds is 6. The molecular weight excluding hydrogens is 393 g/mol. The van der Waals surface area contributed by atoms with Gasteiger partial charge in [0.1, 0.15) is 10.6 Å². The Morgan fingerprint density at radius 3 is 2.18 bits per heavy atom. The van der Waals surface area contributed by atoms with Gasteiger partial charge < -0.3 is 4.74 Å². The van der Waals surface area contributed by atoms with Crippen molar-refractivity contribution >= 4 is 10.0 Å². The first-order valence-electron chi connectivity index (χ1n) is 8.90. The molecule has 9 heteroatoms. The maximum Gasteiger partial charge on any atom is 0.246 e. The van der Waals surface area contributed by atoms with Gasteiger partial charge in [-0.05, 0) is 36.8 Å². The summed E-state index contributed by atoms with van der Waals surface area (Å²) in [4.78, 5) is 1.23. The Kier molecular flexibility index (Phi) is 6.26. The van der Waals surface area contributed by atoms with Crippen LogP contribution in [0.1, 0.15) is 12.5 Å². The van der Waals surface area contributed by atoms with Crippen molar-refractivity contribution < 1.29 is 26.3 Å². The van der Waals surface area contributed by atoms with Crippen molar-refractivity contribution in [1.82, 2.24) is 9.21 Å². The average Bonchev–Trinajstić information content (AvgIpc) is 2.68. The first kappa shape index (κ1) is 20.6. The van der Waals surface area contributed by atoms with Crippen LogP contribution in [0.4, 0.5) is 13.2 Å². The lowest BCUT2D eigenvalue weighted by molar-refractivity contribution is 0.181.